The van der Waals surface area contributed by atoms with Gasteiger partial charge >= 0.3 is 0 Å². The number of para-hydroxylation sites is 1. The Morgan fingerprint density at radius 3 is 3.08 bits per heavy atom. The fourth-order valence-corrected chi connectivity index (χ4v) is 1.93. The van der Waals surface area contributed by atoms with Crippen LogP contribution in [0, 0.1) is 0 Å². The van der Waals surface area contributed by atoms with Crippen LogP contribution >= 0.6 is 23.0 Å². The highest BCUT2D eigenvalue weighted by atomic mass is 127. The second-order valence-corrected chi connectivity index (χ2v) is 3.49. The van der Waals surface area contributed by atoms with Gasteiger partial charge in [-0.25, -0.2) is 0 Å². The summed E-state index contributed by atoms with van der Waals surface area (Å²) in [4.78, 5) is 2.18. The van der Waals surface area contributed by atoms with Crippen LogP contribution in [0.3, 0.4) is 0 Å². The molecule has 0 bridgehead atoms. The molecule has 1 aromatic rings. The van der Waals surface area contributed by atoms with Crippen LogP contribution in [0.2, 0.25) is 0 Å². The minimum Gasteiger partial charge on any atom is -0.425 e. The van der Waals surface area contributed by atoms with E-state index in [1.54, 1.807) is 0 Å². The molecular weight excluding hydrogens is 277 g/mol. The van der Waals surface area contributed by atoms with E-state index in [2.05, 4.69) is 30.2 Å². The predicted molar refractivity (Wildman–Crippen MR) is 63.4 cm³/mol. The highest BCUT2D eigenvalue weighted by Gasteiger charge is 2.13. The number of benzene rings is 1. The summed E-state index contributed by atoms with van der Waals surface area (Å²) < 4.78 is 5.28. The van der Waals surface area contributed by atoms with Crippen molar-refractivity contribution >= 4 is 34.8 Å². The van der Waals surface area contributed by atoms with Crippen LogP contribution in [0.15, 0.2) is 24.3 Å². The Bertz CT molecular complexity index is 349. The fraction of sp³-hybridized carbons (Fsp3) is 0.200. The van der Waals surface area contributed by atoms with Gasteiger partial charge in [-0.1, -0.05) is 24.3 Å². The highest BCUT2D eigenvalue weighted by molar-refractivity contribution is 14.1. The van der Waals surface area contributed by atoms with Gasteiger partial charge in [-0.3, -0.25) is 0 Å². The molecule has 1 aromatic carbocycles. The normalized spacial score (nSPS) is 14.2. The number of hydrogen-bond donors (Lipinski definition) is 0. The van der Waals surface area contributed by atoms with Gasteiger partial charge in [0.25, 0.3) is 0 Å². The summed E-state index contributed by atoms with van der Waals surface area (Å²) in [5.74, 6) is 0.935. The standard InChI is InChI=1S/C10H10INO/c1-12-7-3-5-8-4-2-6-9(13-11)10(8)12/h2-6H,7H2,1H3. The van der Waals surface area contributed by atoms with E-state index in [0.717, 1.165) is 12.3 Å². The topological polar surface area (TPSA) is 12.5 Å². The molecule has 2 nitrogen and oxygen atoms in total. The van der Waals surface area contributed by atoms with Crippen molar-refractivity contribution < 1.29 is 3.07 Å². The molecule has 0 atom stereocenters. The van der Waals surface area contributed by atoms with Crippen LogP contribution in [0.5, 0.6) is 5.75 Å². The van der Waals surface area contributed by atoms with Crippen molar-refractivity contribution in [2.24, 2.45) is 0 Å². The molecule has 0 spiro atoms. The van der Waals surface area contributed by atoms with E-state index in [0.29, 0.717) is 0 Å². The maximum absolute atomic E-state index is 5.28. The fourth-order valence-electron chi connectivity index (χ4n) is 1.57. The van der Waals surface area contributed by atoms with Crippen LogP contribution in [-0.4, -0.2) is 13.6 Å². The molecule has 1 aliphatic heterocycles. The Morgan fingerprint density at radius 2 is 2.31 bits per heavy atom. The number of anilines is 1. The van der Waals surface area contributed by atoms with Crippen molar-refractivity contribution in [3.05, 3.63) is 29.8 Å². The number of nitrogens with zero attached hydrogens (tertiary/aromatic N) is 1. The second-order valence-electron chi connectivity index (χ2n) is 3.05. The number of hydrogen-bond acceptors (Lipinski definition) is 2. The molecule has 0 fully saturated rings. The van der Waals surface area contributed by atoms with Gasteiger partial charge in [0.2, 0.25) is 0 Å². The van der Waals surface area contributed by atoms with Crippen LogP contribution in [-0.2, 0) is 0 Å². The van der Waals surface area contributed by atoms with Crippen molar-refractivity contribution in [1.82, 2.24) is 0 Å². The Hall–Kier alpha value is -0.710. The summed E-state index contributed by atoms with van der Waals surface area (Å²) >= 11 is 1.92. The zero-order valence-corrected chi connectivity index (χ0v) is 9.48. The van der Waals surface area contributed by atoms with E-state index in [9.17, 15) is 0 Å². The SMILES string of the molecule is CN1CC=Cc2cccc(OI)c21. The van der Waals surface area contributed by atoms with Crippen molar-refractivity contribution in [3.63, 3.8) is 0 Å². The molecule has 13 heavy (non-hydrogen) atoms. The lowest BCUT2D eigenvalue weighted by Gasteiger charge is -2.24. The monoisotopic (exact) mass is 287 g/mol. The third kappa shape index (κ3) is 1.52. The van der Waals surface area contributed by atoms with Crippen molar-refractivity contribution in [2.45, 2.75) is 0 Å². The lowest BCUT2D eigenvalue weighted by Crippen LogP contribution is -2.20. The summed E-state index contributed by atoms with van der Waals surface area (Å²) in [6.45, 7) is 0.948. The zero-order valence-electron chi connectivity index (χ0n) is 7.33. The summed E-state index contributed by atoms with van der Waals surface area (Å²) in [5.41, 5.74) is 2.40. The molecule has 68 valence electrons. The molecule has 0 unspecified atom stereocenters. The van der Waals surface area contributed by atoms with Gasteiger partial charge in [0.05, 0.1) is 5.69 Å². The van der Waals surface area contributed by atoms with Gasteiger partial charge in [-0.2, -0.15) is 0 Å². The first-order chi connectivity index (χ1) is 6.33. The average molecular weight is 287 g/mol. The third-order valence-electron chi connectivity index (χ3n) is 2.17. The molecule has 0 saturated carbocycles. The van der Waals surface area contributed by atoms with Crippen molar-refractivity contribution in [1.29, 1.82) is 0 Å². The van der Waals surface area contributed by atoms with Crippen LogP contribution in [0.4, 0.5) is 5.69 Å². The van der Waals surface area contributed by atoms with Gasteiger partial charge in [0, 0.05) is 19.2 Å². The van der Waals surface area contributed by atoms with E-state index in [1.165, 1.54) is 11.3 Å². The molecule has 2 rings (SSSR count). The van der Waals surface area contributed by atoms with E-state index >= 15 is 0 Å². The van der Waals surface area contributed by atoms with Crippen LogP contribution in [0.1, 0.15) is 5.56 Å². The zero-order chi connectivity index (χ0) is 9.26. The Kier molecular flexibility index (Phi) is 2.44. The molecule has 0 N–H and O–H groups in total. The first-order valence-corrected chi connectivity index (χ1v) is 5.00. The van der Waals surface area contributed by atoms with Crippen molar-refractivity contribution in [3.8, 4) is 5.75 Å². The van der Waals surface area contributed by atoms with Gasteiger partial charge in [-0.05, 0) is 6.07 Å². The number of likely N-dealkylation sites (N-methyl/N-ethyl adjacent to an activating group) is 1. The summed E-state index contributed by atoms with van der Waals surface area (Å²) in [7, 11) is 2.07. The van der Waals surface area contributed by atoms with Crippen LogP contribution < -0.4 is 7.97 Å². The molecule has 0 aromatic heterocycles. The molecule has 0 radical (unpaired) electrons. The maximum Gasteiger partial charge on any atom is 0.192 e. The molecule has 3 heteroatoms. The summed E-state index contributed by atoms with van der Waals surface area (Å²) in [6, 6.07) is 6.10. The first kappa shape index (κ1) is 8.87. The molecule has 0 amide bonds. The average Bonchev–Trinajstić information content (AvgIpc) is 2.17. The van der Waals surface area contributed by atoms with Gasteiger partial charge < -0.3 is 7.97 Å². The number of halogens is 1. The minimum absolute atomic E-state index is 0.935. The van der Waals surface area contributed by atoms with Crippen LogP contribution in [0.25, 0.3) is 6.08 Å². The summed E-state index contributed by atoms with van der Waals surface area (Å²) in [5, 5.41) is 0. The van der Waals surface area contributed by atoms with Gasteiger partial charge in [0.15, 0.2) is 28.8 Å². The Balaban J connectivity index is 2.58. The first-order valence-electron chi connectivity index (χ1n) is 4.12. The molecular formula is C10H10INO. The van der Waals surface area contributed by atoms with Gasteiger partial charge in [0.1, 0.15) is 0 Å². The molecule has 0 aliphatic carbocycles. The second kappa shape index (κ2) is 3.57. The maximum atomic E-state index is 5.28. The smallest absolute Gasteiger partial charge is 0.192 e. The Labute approximate surface area is 91.9 Å². The van der Waals surface area contributed by atoms with E-state index in [4.69, 9.17) is 3.07 Å². The molecule has 1 heterocycles. The lowest BCUT2D eigenvalue weighted by atomic mass is 10.1. The molecule has 1 aliphatic rings. The van der Waals surface area contributed by atoms with E-state index in [-0.39, 0.29) is 0 Å². The predicted octanol–water partition coefficient (Wildman–Crippen LogP) is 2.88. The molecule has 0 saturated heterocycles. The van der Waals surface area contributed by atoms with E-state index in [1.807, 2.05) is 35.1 Å². The quantitative estimate of drug-likeness (QED) is 0.736. The Morgan fingerprint density at radius 1 is 1.46 bits per heavy atom. The minimum atomic E-state index is 0.935. The largest absolute Gasteiger partial charge is 0.425 e. The third-order valence-corrected chi connectivity index (χ3v) is 2.65. The summed E-state index contributed by atoms with van der Waals surface area (Å²) in [6.07, 6.45) is 4.29. The number of fused-ring (bicyclic) bond motifs is 1. The van der Waals surface area contributed by atoms with Gasteiger partial charge in [-0.15, -0.1) is 0 Å². The lowest BCUT2D eigenvalue weighted by molar-refractivity contribution is 0.711. The number of rotatable bonds is 1. The highest BCUT2D eigenvalue weighted by Crippen LogP contribution is 2.35. The van der Waals surface area contributed by atoms with E-state index < -0.39 is 0 Å². The van der Waals surface area contributed by atoms with Crippen molar-refractivity contribution in [2.75, 3.05) is 18.5 Å².